The van der Waals surface area contributed by atoms with E-state index < -0.39 is 0 Å². The Hall–Kier alpha value is 0.110. The fourth-order valence-corrected chi connectivity index (χ4v) is 8.93. The number of hydrogen-bond donors (Lipinski definition) is 0. The Bertz CT molecular complexity index is 555. The first kappa shape index (κ1) is 130. The maximum absolute atomic E-state index is 2.36. The van der Waals surface area contributed by atoms with Gasteiger partial charge in [-0.15, -0.1) is 0 Å². The Morgan fingerprint density at radius 3 is 0.425 bits per heavy atom. The van der Waals surface area contributed by atoms with E-state index in [4.69, 9.17) is 0 Å². The van der Waals surface area contributed by atoms with Gasteiger partial charge >= 0.3 is 0 Å². The molecule has 7 heteroatoms. The minimum absolute atomic E-state index is 0. The Balaban J connectivity index is -0.0000000325. The number of thioether (sulfide) groups is 1. The smallest absolute Gasteiger partial charge is 0.00442 e. The van der Waals surface area contributed by atoms with Gasteiger partial charge in [0.2, 0.25) is 0 Å². The van der Waals surface area contributed by atoms with Crippen molar-refractivity contribution in [3.05, 3.63) is 0 Å². The van der Waals surface area contributed by atoms with Crippen LogP contribution in [0.15, 0.2) is 0 Å². The highest BCUT2D eigenvalue weighted by atomic mass is 32.2. The third-order valence-corrected chi connectivity index (χ3v) is 12.9. The predicted molar refractivity (Wildman–Crippen MR) is 392 cm³/mol. The molecule has 0 aromatic carbocycles. The maximum atomic E-state index is 2.36. The second-order valence-corrected chi connectivity index (χ2v) is 21.8. The van der Waals surface area contributed by atoms with Crippen LogP contribution in [0, 0.1) is 29.6 Å². The van der Waals surface area contributed by atoms with Crippen molar-refractivity contribution >= 4 is 11.8 Å². The van der Waals surface area contributed by atoms with E-state index >= 15 is 0 Å². The SMILES string of the molecule is CC.CC.CC.CC.CC.CC.CC1CCCCC1.CC1CCCCC1.CC1CCCCC1.CC1CCCCC1.CCC.CCC.CCC.CCC.CCC.CCC.CCC1CCCCC1.CSC1CCCCC1.O.O.O.O.O.O. The highest BCUT2D eigenvalue weighted by Gasteiger charge is 2.11. The van der Waals surface area contributed by atoms with E-state index in [0.717, 1.165) is 34.8 Å². The molecule has 0 spiro atoms. The Morgan fingerprint density at radius 1 is 0.225 bits per heavy atom. The molecule has 0 radical (unpaired) electrons. The summed E-state index contributed by atoms with van der Waals surface area (Å²) in [4.78, 5) is 0. The van der Waals surface area contributed by atoms with Crippen LogP contribution >= 0.6 is 11.8 Å². The molecule has 0 unspecified atom stereocenters. The average Bonchev–Trinajstić information content (AvgIpc) is 3.46. The van der Waals surface area contributed by atoms with Crippen molar-refractivity contribution in [2.24, 2.45) is 29.6 Å². The van der Waals surface area contributed by atoms with Gasteiger partial charge in [-0.1, -0.05) is 426 Å². The number of rotatable bonds is 2. The summed E-state index contributed by atoms with van der Waals surface area (Å²) in [5.41, 5.74) is 0. The van der Waals surface area contributed by atoms with Crippen molar-refractivity contribution in [2.75, 3.05) is 6.26 Å². The summed E-state index contributed by atoms with van der Waals surface area (Å²) >= 11 is 2.05. The van der Waals surface area contributed by atoms with Crippen molar-refractivity contribution in [3.8, 4) is 0 Å². The second-order valence-electron chi connectivity index (χ2n) is 20.6. The zero-order valence-corrected chi connectivity index (χ0v) is 63.9. The molecule has 0 amide bonds. The van der Waals surface area contributed by atoms with Gasteiger partial charge in [0.05, 0.1) is 0 Å². The summed E-state index contributed by atoms with van der Waals surface area (Å²) in [5, 5.41) is 1.00. The molecule has 0 aromatic rings. The van der Waals surface area contributed by atoms with Crippen LogP contribution in [0.2, 0.25) is 0 Å². The topological polar surface area (TPSA) is 189 Å². The number of hydrogen-bond acceptors (Lipinski definition) is 1. The van der Waals surface area contributed by atoms with Gasteiger partial charge in [0.25, 0.3) is 0 Å². The first-order chi connectivity index (χ1) is 35.9. The summed E-state index contributed by atoms with van der Waals surface area (Å²) in [7, 11) is 0. The molecule has 6 rings (SSSR count). The fraction of sp³-hybridized carbons (Fsp3) is 1.00. The summed E-state index contributed by atoms with van der Waals surface area (Å²) in [6, 6.07) is 0. The molecule has 6 fully saturated rings. The van der Waals surface area contributed by atoms with Crippen LogP contribution < -0.4 is 0 Å². The summed E-state index contributed by atoms with van der Waals surface area (Å²) in [6.45, 7) is 61.3. The minimum atomic E-state index is 0. The molecule has 0 bridgehead atoms. The third-order valence-electron chi connectivity index (χ3n) is 11.8. The molecule has 6 aliphatic carbocycles. The van der Waals surface area contributed by atoms with E-state index in [0.29, 0.717) is 0 Å². The molecule has 80 heavy (non-hydrogen) atoms. The van der Waals surface area contributed by atoms with E-state index in [9.17, 15) is 0 Å². The summed E-state index contributed by atoms with van der Waals surface area (Å²) in [5.74, 6) is 5.23. The van der Waals surface area contributed by atoms with Gasteiger partial charge in [-0.25, -0.2) is 0 Å². The molecule has 0 aromatic heterocycles. The van der Waals surface area contributed by atoms with Crippen molar-refractivity contribution < 1.29 is 32.9 Å². The van der Waals surface area contributed by atoms with Crippen LogP contribution in [0.3, 0.4) is 0 Å². The zero-order chi connectivity index (χ0) is 60.3. The van der Waals surface area contributed by atoms with Crippen molar-refractivity contribution in [1.29, 1.82) is 0 Å². The van der Waals surface area contributed by atoms with Crippen LogP contribution in [0.5, 0.6) is 0 Å². The van der Waals surface area contributed by atoms with Gasteiger partial charge in [-0.05, 0) is 48.7 Å². The monoisotopic (exact) mass is 1190 g/mol. The Labute approximate surface area is 521 Å². The largest absolute Gasteiger partial charge is 0.412 e. The predicted octanol–water partition coefficient (Wildman–Crippen LogP) is 25.7. The van der Waals surface area contributed by atoms with E-state index in [1.54, 1.807) is 0 Å². The van der Waals surface area contributed by atoms with Gasteiger partial charge < -0.3 is 32.9 Å². The van der Waals surface area contributed by atoms with Crippen molar-refractivity contribution in [1.82, 2.24) is 0 Å². The van der Waals surface area contributed by atoms with Crippen molar-refractivity contribution in [2.45, 2.75) is 444 Å². The Morgan fingerprint density at radius 2 is 0.350 bits per heavy atom. The lowest BCUT2D eigenvalue weighted by molar-refractivity contribution is 0.349. The zero-order valence-electron chi connectivity index (χ0n) is 63.0. The van der Waals surface area contributed by atoms with Crippen molar-refractivity contribution in [3.63, 3.8) is 0 Å². The van der Waals surface area contributed by atoms with E-state index in [2.05, 4.69) is 124 Å². The molecular formula is C73H182O6S. The van der Waals surface area contributed by atoms with Crippen LogP contribution in [0.1, 0.15) is 438 Å². The van der Waals surface area contributed by atoms with Crippen LogP contribution in [-0.4, -0.2) is 44.4 Å². The average molecular weight is 1190 g/mol. The van der Waals surface area contributed by atoms with Gasteiger partial charge in [-0.3, -0.25) is 0 Å². The summed E-state index contributed by atoms with van der Waals surface area (Å²) < 4.78 is 0. The third kappa shape index (κ3) is 171. The minimum Gasteiger partial charge on any atom is -0.412 e. The van der Waals surface area contributed by atoms with Gasteiger partial charge in [0.1, 0.15) is 0 Å². The molecule has 0 saturated heterocycles. The van der Waals surface area contributed by atoms with Gasteiger partial charge in [0, 0.05) is 5.25 Å². The molecule has 0 heterocycles. The molecule has 6 aliphatic rings. The van der Waals surface area contributed by atoms with E-state index in [1.165, 1.54) is 238 Å². The maximum Gasteiger partial charge on any atom is 0.00442 e. The quantitative estimate of drug-likeness (QED) is 0.262. The highest BCUT2D eigenvalue weighted by Crippen LogP contribution is 2.27. The lowest BCUT2D eigenvalue weighted by Crippen LogP contribution is -2.06. The highest BCUT2D eigenvalue weighted by molar-refractivity contribution is 7.99. The van der Waals surface area contributed by atoms with E-state index in [-0.39, 0.29) is 32.9 Å². The first-order valence-electron chi connectivity index (χ1n) is 35.5. The van der Waals surface area contributed by atoms with E-state index in [1.807, 2.05) is 94.8 Å². The molecule has 0 atom stereocenters. The van der Waals surface area contributed by atoms with Crippen LogP contribution in [0.4, 0.5) is 0 Å². The molecule has 516 valence electrons. The Kier molecular flexibility index (Phi) is 249. The summed E-state index contributed by atoms with van der Waals surface area (Å²) in [6.07, 6.45) is 55.8. The second kappa shape index (κ2) is 153. The van der Waals surface area contributed by atoms with Gasteiger partial charge in [0.15, 0.2) is 0 Å². The lowest BCUT2D eigenvalue weighted by atomic mass is 9.88. The molecule has 6 saturated carbocycles. The first-order valence-corrected chi connectivity index (χ1v) is 36.7. The molecule has 0 aliphatic heterocycles. The molecular weight excluding hydrogens is 1000 g/mol. The normalized spacial score (nSPS) is 15.4. The van der Waals surface area contributed by atoms with Crippen LogP contribution in [0.25, 0.3) is 0 Å². The fourth-order valence-electron chi connectivity index (χ4n) is 8.12. The standard InChI is InChI=1S/C8H16.C7H14S.4C7H14.6C3H8.6C2H6.6H2O/c1-2-8-6-4-3-5-7-8;1-8-7-5-3-2-4-6-7;4*1-7-5-3-2-4-6-7;6*1-3-2;6*1-2;;;;;;/h8H,2-7H2,1H3;7H,2-6H2,1H3;4*7H,2-6H2,1H3;6*3H2,1-2H3;6*1-2H3;6*1H2. The molecule has 12 N–H and O–H groups in total. The van der Waals surface area contributed by atoms with Gasteiger partial charge in [-0.2, -0.15) is 11.8 Å². The van der Waals surface area contributed by atoms with Crippen LogP contribution in [-0.2, 0) is 0 Å². The molecule has 6 nitrogen and oxygen atoms in total. The lowest BCUT2D eigenvalue weighted by Gasteiger charge is -2.18.